The van der Waals surface area contributed by atoms with Crippen molar-refractivity contribution in [3.8, 4) is 23.2 Å². The lowest BCUT2D eigenvalue weighted by Gasteiger charge is -2.32. The zero-order valence-electron chi connectivity index (χ0n) is 23.4. The Hall–Kier alpha value is -4.51. The predicted molar refractivity (Wildman–Crippen MR) is 154 cm³/mol. The Labute approximate surface area is 246 Å². The smallest absolute Gasteiger partial charge is 0.417 e. The number of fused-ring (bicyclic) bond motifs is 2. The number of amides is 1. The minimum absolute atomic E-state index is 0.0407. The summed E-state index contributed by atoms with van der Waals surface area (Å²) in [6.45, 7) is 7.47. The SMILES string of the molecule is C=C(C)C(=O)N1CCC(N(C)c2nc(OC)nc3c(F)c(-c4ccc(F)c5sc(N)c(C#N)c45)c(C(F)(F)F)cc23)C1C. The number of nitriles is 1. The molecule has 43 heavy (non-hydrogen) atoms. The Kier molecular flexibility index (Phi) is 7.42. The topological polar surface area (TPSA) is 108 Å². The molecular weight excluding hydrogens is 591 g/mol. The van der Waals surface area contributed by atoms with Gasteiger partial charge in [-0.1, -0.05) is 12.6 Å². The molecule has 2 atom stereocenters. The number of rotatable bonds is 5. The molecule has 0 spiro atoms. The van der Waals surface area contributed by atoms with Crippen molar-refractivity contribution in [2.75, 3.05) is 31.3 Å². The molecule has 1 aliphatic heterocycles. The Morgan fingerprint density at radius 2 is 2.00 bits per heavy atom. The van der Waals surface area contributed by atoms with E-state index < -0.39 is 40.5 Å². The fourth-order valence-corrected chi connectivity index (χ4v) is 6.63. The number of alkyl halides is 3. The summed E-state index contributed by atoms with van der Waals surface area (Å²) in [6.07, 6.45) is -4.62. The molecule has 1 saturated heterocycles. The highest BCUT2D eigenvalue weighted by Gasteiger charge is 2.40. The van der Waals surface area contributed by atoms with Crippen LogP contribution in [0.5, 0.6) is 6.01 Å². The molecule has 3 heterocycles. The lowest BCUT2D eigenvalue weighted by atomic mass is 9.92. The van der Waals surface area contributed by atoms with E-state index in [0.717, 1.165) is 18.2 Å². The lowest BCUT2D eigenvalue weighted by Crippen LogP contribution is -2.44. The minimum atomic E-state index is -5.08. The molecule has 224 valence electrons. The van der Waals surface area contributed by atoms with Crippen LogP contribution in [0.25, 0.3) is 32.1 Å². The van der Waals surface area contributed by atoms with Gasteiger partial charge in [0.05, 0.1) is 29.0 Å². The van der Waals surface area contributed by atoms with E-state index in [-0.39, 0.29) is 55.4 Å². The lowest BCUT2D eigenvalue weighted by molar-refractivity contribution is -0.137. The normalized spacial score (nSPS) is 17.0. The van der Waals surface area contributed by atoms with Gasteiger partial charge >= 0.3 is 12.2 Å². The predicted octanol–water partition coefficient (Wildman–Crippen LogP) is 6.27. The molecule has 4 aromatic rings. The maximum atomic E-state index is 16.6. The third-order valence-corrected chi connectivity index (χ3v) is 8.78. The second-order valence-electron chi connectivity index (χ2n) is 10.3. The number of thiophene rings is 1. The number of nitrogens with zero attached hydrogens (tertiary/aromatic N) is 5. The van der Waals surface area contributed by atoms with Crippen LogP contribution in [-0.4, -0.2) is 53.6 Å². The molecule has 14 heteroatoms. The summed E-state index contributed by atoms with van der Waals surface area (Å²) in [5, 5.41) is 9.08. The van der Waals surface area contributed by atoms with Gasteiger partial charge in [0, 0.05) is 41.5 Å². The van der Waals surface area contributed by atoms with E-state index in [1.165, 1.54) is 7.11 Å². The maximum Gasteiger partial charge on any atom is 0.417 e. The van der Waals surface area contributed by atoms with E-state index in [1.54, 1.807) is 36.8 Å². The number of carbonyl (C=O) groups is 1. The Morgan fingerprint density at radius 3 is 2.60 bits per heavy atom. The van der Waals surface area contributed by atoms with E-state index in [9.17, 15) is 27.6 Å². The molecule has 1 fully saturated rings. The van der Waals surface area contributed by atoms with Crippen molar-refractivity contribution < 1.29 is 31.5 Å². The minimum Gasteiger partial charge on any atom is -0.467 e. The molecule has 0 radical (unpaired) electrons. The highest BCUT2D eigenvalue weighted by molar-refractivity contribution is 7.23. The summed E-state index contributed by atoms with van der Waals surface area (Å²) in [5.74, 6) is -2.47. The van der Waals surface area contributed by atoms with Crippen molar-refractivity contribution in [2.24, 2.45) is 0 Å². The van der Waals surface area contributed by atoms with Crippen LogP contribution >= 0.6 is 11.3 Å². The zero-order valence-corrected chi connectivity index (χ0v) is 24.3. The summed E-state index contributed by atoms with van der Waals surface area (Å²) in [5.41, 5.74) is 2.84. The Balaban J connectivity index is 1.80. The van der Waals surface area contributed by atoms with Crippen molar-refractivity contribution in [1.82, 2.24) is 14.9 Å². The van der Waals surface area contributed by atoms with E-state index in [4.69, 9.17) is 10.5 Å². The van der Waals surface area contributed by atoms with Crippen molar-refractivity contribution in [2.45, 2.75) is 38.5 Å². The van der Waals surface area contributed by atoms with Crippen LogP contribution in [0.3, 0.4) is 0 Å². The zero-order chi connectivity index (χ0) is 31.5. The van der Waals surface area contributed by atoms with Gasteiger partial charge in [0.2, 0.25) is 5.91 Å². The van der Waals surface area contributed by atoms with Crippen LogP contribution in [0, 0.1) is 23.0 Å². The molecule has 0 bridgehead atoms. The van der Waals surface area contributed by atoms with Crippen LogP contribution in [-0.2, 0) is 11.0 Å². The number of aromatic nitrogens is 2. The van der Waals surface area contributed by atoms with Crippen LogP contribution < -0.4 is 15.4 Å². The van der Waals surface area contributed by atoms with Gasteiger partial charge < -0.3 is 20.3 Å². The summed E-state index contributed by atoms with van der Waals surface area (Å²) < 4.78 is 80.4. The van der Waals surface area contributed by atoms with Gasteiger partial charge in [-0.2, -0.15) is 28.4 Å². The third kappa shape index (κ3) is 4.77. The number of likely N-dealkylation sites (tertiary alicyclic amines) is 1. The van der Waals surface area contributed by atoms with Gasteiger partial charge in [0.25, 0.3) is 0 Å². The molecule has 1 amide bonds. The molecule has 2 unspecified atom stereocenters. The van der Waals surface area contributed by atoms with Crippen LogP contribution in [0.1, 0.15) is 31.4 Å². The number of hydrogen-bond donors (Lipinski definition) is 1. The number of ether oxygens (including phenoxy) is 1. The number of methoxy groups -OCH3 is 1. The monoisotopic (exact) mass is 616 g/mol. The van der Waals surface area contributed by atoms with Gasteiger partial charge in [0.1, 0.15) is 28.2 Å². The van der Waals surface area contributed by atoms with E-state index in [0.29, 0.717) is 29.9 Å². The maximum absolute atomic E-state index is 16.6. The van der Waals surface area contributed by atoms with Gasteiger partial charge in [-0.3, -0.25) is 4.79 Å². The molecule has 0 saturated carbocycles. The highest BCUT2D eigenvalue weighted by atomic mass is 32.1. The number of carbonyl (C=O) groups excluding carboxylic acids is 1. The first-order valence-electron chi connectivity index (χ1n) is 13.0. The second-order valence-corrected chi connectivity index (χ2v) is 11.3. The number of nitrogen functional groups attached to an aromatic ring is 1. The van der Waals surface area contributed by atoms with Gasteiger partial charge in [0.15, 0.2) is 5.82 Å². The Morgan fingerprint density at radius 1 is 1.30 bits per heavy atom. The van der Waals surface area contributed by atoms with E-state index >= 15 is 4.39 Å². The van der Waals surface area contributed by atoms with E-state index in [2.05, 4.69) is 16.5 Å². The van der Waals surface area contributed by atoms with Crippen molar-refractivity contribution >= 4 is 49.1 Å². The Bertz CT molecular complexity index is 1860. The summed E-state index contributed by atoms with van der Waals surface area (Å²) >= 11 is 0.683. The van der Waals surface area contributed by atoms with Crippen molar-refractivity contribution in [3.63, 3.8) is 0 Å². The number of halogens is 5. The van der Waals surface area contributed by atoms with Crippen LogP contribution in [0.4, 0.5) is 32.8 Å². The van der Waals surface area contributed by atoms with Crippen molar-refractivity contribution in [1.29, 1.82) is 5.26 Å². The molecule has 2 aromatic heterocycles. The first-order valence-corrected chi connectivity index (χ1v) is 13.8. The number of likely N-dealkylation sites (N-methyl/N-ethyl adjacent to an activating group) is 1. The average Bonchev–Trinajstić information content (AvgIpc) is 3.51. The molecule has 2 N–H and O–H groups in total. The average molecular weight is 617 g/mol. The van der Waals surface area contributed by atoms with Gasteiger partial charge in [-0.05, 0) is 38.0 Å². The molecule has 1 aliphatic rings. The summed E-state index contributed by atoms with van der Waals surface area (Å²) in [7, 11) is 2.82. The number of benzene rings is 2. The molecular formula is C29H25F5N6O2S. The van der Waals surface area contributed by atoms with E-state index in [1.807, 2.05) is 0 Å². The number of hydrogen-bond acceptors (Lipinski definition) is 8. The molecule has 2 aromatic carbocycles. The standard InChI is InChI=1S/C29H25F5N6O2S/c1-12(2)27(41)40-9-8-19(13(40)3)39(4)26-15-10-17(29(32,33)34)21(22(31)23(15)37-28(38-26)42-5)14-6-7-18(30)24-20(14)16(11-35)25(36)43-24/h6-7,10,13,19H,1,8-9,36H2,2-5H3. The van der Waals surface area contributed by atoms with Crippen molar-refractivity contribution in [3.05, 3.63) is 53.1 Å². The van der Waals surface area contributed by atoms with Crippen LogP contribution in [0.15, 0.2) is 30.4 Å². The number of anilines is 2. The fraction of sp³-hybridized carbons (Fsp3) is 0.310. The molecule has 0 aliphatic carbocycles. The molecule has 8 nitrogen and oxygen atoms in total. The first-order chi connectivity index (χ1) is 20.2. The van der Waals surface area contributed by atoms with Gasteiger partial charge in [-0.25, -0.2) is 8.78 Å². The number of nitrogens with two attached hydrogens (primary N) is 1. The first kappa shape index (κ1) is 30.0. The third-order valence-electron chi connectivity index (χ3n) is 7.75. The highest BCUT2D eigenvalue weighted by Crippen LogP contribution is 2.48. The fourth-order valence-electron chi connectivity index (χ4n) is 5.68. The molecule has 5 rings (SSSR count). The largest absolute Gasteiger partial charge is 0.467 e. The van der Waals surface area contributed by atoms with Gasteiger partial charge in [-0.15, -0.1) is 11.3 Å². The summed E-state index contributed by atoms with van der Waals surface area (Å²) in [6, 6.07) is 3.35. The quantitative estimate of drug-likeness (QED) is 0.208. The van der Waals surface area contributed by atoms with Crippen LogP contribution in [0.2, 0.25) is 0 Å². The summed E-state index contributed by atoms with van der Waals surface area (Å²) in [4.78, 5) is 24.2. The second kappa shape index (κ2) is 10.6.